The molecule has 1 aromatic carbocycles. The maximum Gasteiger partial charge on any atom is 0.416 e. The molecule has 0 aliphatic heterocycles. The Morgan fingerprint density at radius 3 is 2.24 bits per heavy atom. The van der Waals surface area contributed by atoms with E-state index in [1.807, 2.05) is 0 Å². The lowest BCUT2D eigenvalue weighted by Crippen LogP contribution is -2.42. The van der Waals surface area contributed by atoms with E-state index in [0.717, 1.165) is 12.1 Å². The summed E-state index contributed by atoms with van der Waals surface area (Å²) in [7, 11) is 1.75. The highest BCUT2D eigenvalue weighted by Crippen LogP contribution is 2.32. The van der Waals surface area contributed by atoms with Crippen molar-refractivity contribution in [3.05, 3.63) is 35.4 Å². The van der Waals surface area contributed by atoms with E-state index in [-0.39, 0.29) is 18.3 Å². The van der Waals surface area contributed by atoms with Crippen molar-refractivity contribution in [1.82, 2.24) is 10.6 Å². The summed E-state index contributed by atoms with van der Waals surface area (Å²) >= 11 is 0. The predicted octanol–water partition coefficient (Wildman–Crippen LogP) is 2.74. The van der Waals surface area contributed by atoms with Crippen LogP contribution in [0.3, 0.4) is 0 Å². The second kappa shape index (κ2) is 7.66. The second-order valence-corrected chi connectivity index (χ2v) is 5.06. The van der Waals surface area contributed by atoms with Crippen LogP contribution in [0.1, 0.15) is 25.0 Å². The highest BCUT2D eigenvalue weighted by atomic mass is 35.5. The zero-order valence-corrected chi connectivity index (χ0v) is 13.0. The molecule has 21 heavy (non-hydrogen) atoms. The highest BCUT2D eigenvalue weighted by Gasteiger charge is 2.34. The fourth-order valence-corrected chi connectivity index (χ4v) is 1.74. The summed E-state index contributed by atoms with van der Waals surface area (Å²) in [5.74, 6) is -0.299. The molecule has 0 spiro atoms. The Labute approximate surface area is 128 Å². The number of hydrogen-bond acceptors (Lipinski definition) is 2. The maximum atomic E-state index is 12.7. The fourth-order valence-electron chi connectivity index (χ4n) is 1.74. The van der Waals surface area contributed by atoms with E-state index in [0.29, 0.717) is 18.7 Å². The van der Waals surface area contributed by atoms with Crippen LogP contribution in [0.15, 0.2) is 24.3 Å². The zero-order chi connectivity index (χ0) is 15.4. The van der Waals surface area contributed by atoms with Crippen LogP contribution in [0.4, 0.5) is 13.2 Å². The lowest BCUT2D eigenvalue weighted by atomic mass is 9.83. The molecular weight excluding hydrogens is 305 g/mol. The summed E-state index contributed by atoms with van der Waals surface area (Å²) in [6.07, 6.45) is -4.41. The molecular formula is C14H20ClF3N2O. The maximum absolute atomic E-state index is 12.7. The molecule has 0 heterocycles. The van der Waals surface area contributed by atoms with Crippen molar-refractivity contribution in [2.24, 2.45) is 0 Å². The minimum absolute atomic E-state index is 0. The van der Waals surface area contributed by atoms with E-state index in [2.05, 4.69) is 10.6 Å². The Hall–Kier alpha value is -1.27. The second-order valence-electron chi connectivity index (χ2n) is 5.06. The van der Waals surface area contributed by atoms with Gasteiger partial charge >= 0.3 is 6.18 Å². The average Bonchev–Trinajstić information content (AvgIpc) is 2.38. The molecule has 1 amide bonds. The van der Waals surface area contributed by atoms with Crippen molar-refractivity contribution in [3.8, 4) is 0 Å². The average molecular weight is 325 g/mol. The number of hydrogen-bond donors (Lipinski definition) is 2. The molecule has 120 valence electrons. The van der Waals surface area contributed by atoms with Crippen LogP contribution in [0.5, 0.6) is 0 Å². The minimum Gasteiger partial charge on any atom is -0.354 e. The smallest absolute Gasteiger partial charge is 0.354 e. The van der Waals surface area contributed by atoms with Gasteiger partial charge in [0.05, 0.1) is 11.0 Å². The van der Waals surface area contributed by atoms with Crippen molar-refractivity contribution >= 4 is 18.3 Å². The quantitative estimate of drug-likeness (QED) is 0.818. The Morgan fingerprint density at radius 1 is 1.14 bits per heavy atom. The SMILES string of the molecule is CNCCNC(=O)C(C)(C)c1cccc(C(F)(F)F)c1.Cl. The number of carbonyl (C=O) groups excluding carboxylic acids is 1. The predicted molar refractivity (Wildman–Crippen MR) is 78.7 cm³/mol. The summed E-state index contributed by atoms with van der Waals surface area (Å²) in [4.78, 5) is 12.1. The molecule has 0 bridgehead atoms. The minimum atomic E-state index is -4.41. The van der Waals surface area contributed by atoms with Gasteiger partial charge in [-0.1, -0.05) is 18.2 Å². The molecule has 0 aromatic heterocycles. The van der Waals surface area contributed by atoms with Gasteiger partial charge in [0.2, 0.25) is 5.91 Å². The first-order valence-electron chi connectivity index (χ1n) is 6.30. The molecule has 1 aromatic rings. The van der Waals surface area contributed by atoms with Gasteiger partial charge in [-0.05, 0) is 32.5 Å². The Morgan fingerprint density at radius 2 is 1.71 bits per heavy atom. The van der Waals surface area contributed by atoms with Crippen molar-refractivity contribution < 1.29 is 18.0 Å². The molecule has 0 unspecified atom stereocenters. The van der Waals surface area contributed by atoms with Gasteiger partial charge in [-0.2, -0.15) is 13.2 Å². The van der Waals surface area contributed by atoms with Gasteiger partial charge in [0.25, 0.3) is 0 Å². The number of carbonyl (C=O) groups is 1. The van der Waals surface area contributed by atoms with Gasteiger partial charge in [-0.15, -0.1) is 12.4 Å². The molecule has 7 heteroatoms. The molecule has 0 aliphatic carbocycles. The number of amides is 1. The molecule has 0 radical (unpaired) electrons. The lowest BCUT2D eigenvalue weighted by Gasteiger charge is -2.25. The first-order chi connectivity index (χ1) is 9.19. The van der Waals surface area contributed by atoms with E-state index in [1.165, 1.54) is 12.1 Å². The summed E-state index contributed by atoms with van der Waals surface area (Å²) in [5, 5.41) is 5.58. The summed E-state index contributed by atoms with van der Waals surface area (Å²) in [6, 6.07) is 4.88. The van der Waals surface area contributed by atoms with Crippen molar-refractivity contribution in [3.63, 3.8) is 0 Å². The first kappa shape index (κ1) is 19.7. The third-order valence-electron chi connectivity index (χ3n) is 3.14. The van der Waals surface area contributed by atoms with Gasteiger partial charge in [0.15, 0.2) is 0 Å². The topological polar surface area (TPSA) is 41.1 Å². The van der Waals surface area contributed by atoms with Crippen LogP contribution in [-0.4, -0.2) is 26.0 Å². The van der Waals surface area contributed by atoms with Crippen molar-refractivity contribution in [2.45, 2.75) is 25.4 Å². The van der Waals surface area contributed by atoms with Crippen LogP contribution in [0, 0.1) is 0 Å². The van der Waals surface area contributed by atoms with E-state index in [4.69, 9.17) is 0 Å². The number of alkyl halides is 3. The summed E-state index contributed by atoms with van der Waals surface area (Å²) < 4.78 is 38.1. The molecule has 0 saturated heterocycles. The van der Waals surface area contributed by atoms with E-state index in [9.17, 15) is 18.0 Å². The third-order valence-corrected chi connectivity index (χ3v) is 3.14. The largest absolute Gasteiger partial charge is 0.416 e. The van der Waals surface area contributed by atoms with Gasteiger partial charge in [-0.25, -0.2) is 0 Å². The van der Waals surface area contributed by atoms with Crippen molar-refractivity contribution in [1.29, 1.82) is 0 Å². The van der Waals surface area contributed by atoms with Gasteiger partial charge in [0, 0.05) is 13.1 Å². The van der Waals surface area contributed by atoms with Gasteiger partial charge in [0.1, 0.15) is 0 Å². The number of halogens is 4. The molecule has 0 atom stereocenters. The fraction of sp³-hybridized carbons (Fsp3) is 0.500. The zero-order valence-electron chi connectivity index (χ0n) is 12.2. The molecule has 0 fully saturated rings. The standard InChI is InChI=1S/C14H19F3N2O.ClH/c1-13(2,12(20)19-8-7-18-3)10-5-4-6-11(9-10)14(15,16)17;/h4-6,9,18H,7-8H2,1-3H3,(H,19,20);1H. The normalized spacial score (nSPS) is 11.7. The van der Waals surface area contributed by atoms with Crippen molar-refractivity contribution in [2.75, 3.05) is 20.1 Å². The number of rotatable bonds is 5. The Kier molecular flexibility index (Phi) is 7.19. The molecule has 1 rings (SSSR count). The Balaban J connectivity index is 0.00000400. The summed E-state index contributed by atoms with van der Waals surface area (Å²) in [5.41, 5.74) is -1.42. The Bertz CT molecular complexity index is 476. The molecule has 2 N–H and O–H groups in total. The van der Waals surface area contributed by atoms with Crippen LogP contribution in [0.25, 0.3) is 0 Å². The number of likely N-dealkylation sites (N-methyl/N-ethyl adjacent to an activating group) is 1. The first-order valence-corrected chi connectivity index (χ1v) is 6.30. The van der Waals surface area contributed by atoms with Crippen LogP contribution in [-0.2, 0) is 16.4 Å². The lowest BCUT2D eigenvalue weighted by molar-refractivity contribution is -0.137. The van der Waals surface area contributed by atoms with Gasteiger partial charge in [-0.3, -0.25) is 4.79 Å². The van der Waals surface area contributed by atoms with Crippen LogP contribution >= 0.6 is 12.4 Å². The number of benzene rings is 1. The summed E-state index contributed by atoms with van der Waals surface area (Å²) in [6.45, 7) is 4.25. The highest BCUT2D eigenvalue weighted by molar-refractivity contribution is 5.87. The monoisotopic (exact) mass is 324 g/mol. The molecule has 0 aliphatic rings. The third kappa shape index (κ3) is 5.21. The van der Waals surface area contributed by atoms with E-state index in [1.54, 1.807) is 20.9 Å². The molecule has 0 saturated carbocycles. The molecule has 3 nitrogen and oxygen atoms in total. The van der Waals surface area contributed by atoms with Crippen LogP contribution < -0.4 is 10.6 Å². The van der Waals surface area contributed by atoms with Crippen LogP contribution in [0.2, 0.25) is 0 Å². The van der Waals surface area contributed by atoms with E-state index < -0.39 is 17.2 Å². The number of nitrogens with one attached hydrogen (secondary N) is 2. The van der Waals surface area contributed by atoms with Gasteiger partial charge < -0.3 is 10.6 Å². The van der Waals surface area contributed by atoms with E-state index >= 15 is 0 Å².